The highest BCUT2D eigenvalue weighted by Gasteiger charge is 2.53. The zero-order valence-corrected chi connectivity index (χ0v) is 56.6. The monoisotopic (exact) mass is 1260 g/mol. The molecular weight excluding hydrogens is 1200 g/mol. The SMILES string of the molecule is CC1(C)c2cc(-c3ccc4c(c3)C3(c5ccccc5-4)c4cc(-c5ccc6c(c5)C(C)(C)c5cc7ccc8cccc9ccc(c5-6)c7c89)ccc4-c4ccc(-c5ccc6c(c5)C(C)(C)c5cc7ccc8cccc9ccc(c5-6)c7c89)cc43)ccc2-c2c1cc1ccc3cccc4ccc2c1c34. The third-order valence-electron chi connectivity index (χ3n) is 26.0. The van der Waals surface area contributed by atoms with E-state index in [0.29, 0.717) is 0 Å². The van der Waals surface area contributed by atoms with Gasteiger partial charge in [-0.1, -0.05) is 266 Å². The van der Waals surface area contributed by atoms with Gasteiger partial charge < -0.3 is 0 Å². The summed E-state index contributed by atoms with van der Waals surface area (Å²) < 4.78 is 0. The molecule has 0 aliphatic heterocycles. The first kappa shape index (κ1) is 54.3. The standard InChI is InChI=1S/C100H64/c1-97(2)79-44-59(32-38-72(79)94-75-41-26-56-15-9-12-53-20-23-65(50-85(94)97)91(75)88(53)56)62-29-35-69-68-18-7-8-19-78(68)100(82(69)47-62)83-48-63(60-33-39-73-80(45-60)98(3,4)86-51-66-24-21-54-13-10-16-57-27-42-76(95(73)86)92(66)89(54)57)30-36-70(83)71-37-31-64(49-84(71)100)61-34-40-74-81(46-61)99(5,6)87-52-67-25-22-55-14-11-17-58-28-43-77(96(74)87)93(67)90(55)58/h7-52H,1-6H3. The van der Waals surface area contributed by atoms with E-state index in [-0.39, 0.29) is 16.2 Å². The molecule has 0 bridgehead atoms. The Morgan fingerprint density at radius 2 is 0.430 bits per heavy atom. The molecule has 0 heterocycles. The zero-order chi connectivity index (χ0) is 65.9. The van der Waals surface area contributed by atoms with Crippen molar-refractivity contribution in [1.29, 1.82) is 0 Å². The number of hydrogen-bond donors (Lipinski definition) is 0. The Balaban J connectivity index is 0.702. The highest BCUT2D eigenvalue weighted by Crippen LogP contribution is 2.66. The predicted octanol–water partition coefficient (Wildman–Crippen LogP) is 26.6. The summed E-state index contributed by atoms with van der Waals surface area (Å²) in [5.74, 6) is 0. The summed E-state index contributed by atoms with van der Waals surface area (Å²) in [7, 11) is 0. The Hall–Kier alpha value is -11.7. The van der Waals surface area contributed by atoms with Crippen LogP contribution in [0, 0.1) is 0 Å². The molecule has 19 aromatic carbocycles. The number of benzene rings is 19. The topological polar surface area (TPSA) is 0 Å². The minimum absolute atomic E-state index is 0.221. The van der Waals surface area contributed by atoms with Crippen molar-refractivity contribution in [2.45, 2.75) is 63.2 Å². The summed E-state index contributed by atoms with van der Waals surface area (Å²) in [6.45, 7) is 14.7. The second-order valence-electron chi connectivity index (χ2n) is 31.7. The van der Waals surface area contributed by atoms with Crippen molar-refractivity contribution in [3.05, 3.63) is 335 Å². The van der Waals surface area contributed by atoms with Crippen molar-refractivity contribution in [3.63, 3.8) is 0 Å². The van der Waals surface area contributed by atoms with Gasteiger partial charge in [0.2, 0.25) is 0 Å². The first-order valence-electron chi connectivity index (χ1n) is 35.9. The van der Waals surface area contributed by atoms with Gasteiger partial charge in [0.1, 0.15) is 0 Å². The van der Waals surface area contributed by atoms with Crippen LogP contribution >= 0.6 is 0 Å². The summed E-state index contributed by atoms with van der Waals surface area (Å²) in [5.41, 5.74) is 33.3. The molecule has 5 aliphatic carbocycles. The van der Waals surface area contributed by atoms with E-state index < -0.39 is 5.41 Å². The number of rotatable bonds is 3. The van der Waals surface area contributed by atoms with Crippen LogP contribution in [0.15, 0.2) is 279 Å². The minimum Gasteiger partial charge on any atom is -0.0619 e. The lowest BCUT2D eigenvalue weighted by Crippen LogP contribution is -2.26. The first-order valence-corrected chi connectivity index (χ1v) is 35.9. The molecule has 1 spiro atoms. The summed E-state index contributed by atoms with van der Waals surface area (Å²) in [4.78, 5) is 0. The van der Waals surface area contributed by atoms with E-state index in [1.165, 1.54) is 242 Å². The molecule has 0 radical (unpaired) electrons. The second kappa shape index (κ2) is 18.0. The van der Waals surface area contributed by atoms with Crippen LogP contribution in [0.3, 0.4) is 0 Å². The molecule has 0 saturated heterocycles. The van der Waals surface area contributed by atoms with E-state index in [1.54, 1.807) is 0 Å². The molecule has 464 valence electrons. The fourth-order valence-electron chi connectivity index (χ4n) is 21.3. The molecule has 0 atom stereocenters. The molecule has 0 nitrogen and oxygen atoms in total. The van der Waals surface area contributed by atoms with Gasteiger partial charge in [0.05, 0.1) is 5.41 Å². The smallest absolute Gasteiger partial charge is 0.0619 e. The van der Waals surface area contributed by atoms with Gasteiger partial charge in [-0.15, -0.1) is 0 Å². The van der Waals surface area contributed by atoms with Crippen LogP contribution in [0.2, 0.25) is 0 Å². The van der Waals surface area contributed by atoms with Gasteiger partial charge >= 0.3 is 0 Å². The quantitative estimate of drug-likeness (QED) is 0.155. The maximum Gasteiger partial charge on any atom is 0.0726 e. The fourth-order valence-corrected chi connectivity index (χ4v) is 21.3. The van der Waals surface area contributed by atoms with Gasteiger partial charge in [-0.05, 0) is 296 Å². The largest absolute Gasteiger partial charge is 0.0726 e. The van der Waals surface area contributed by atoms with Crippen LogP contribution in [0.5, 0.6) is 0 Å². The van der Waals surface area contributed by atoms with Gasteiger partial charge in [-0.25, -0.2) is 0 Å². The molecule has 0 fully saturated rings. The third kappa shape index (κ3) is 6.40. The van der Waals surface area contributed by atoms with Crippen molar-refractivity contribution in [2.75, 3.05) is 0 Å². The Morgan fingerprint density at radius 3 is 0.750 bits per heavy atom. The summed E-state index contributed by atoms with van der Waals surface area (Å²) in [6, 6.07) is 110. The van der Waals surface area contributed by atoms with Crippen LogP contribution in [0.25, 0.3) is 186 Å². The Labute approximate surface area is 580 Å². The lowest BCUT2D eigenvalue weighted by molar-refractivity contribution is 0.661. The normalized spacial score (nSPS) is 15.6. The molecule has 0 heteroatoms. The van der Waals surface area contributed by atoms with Crippen molar-refractivity contribution in [2.24, 2.45) is 0 Å². The highest BCUT2D eigenvalue weighted by molar-refractivity contribution is 6.29. The van der Waals surface area contributed by atoms with E-state index in [2.05, 4.69) is 321 Å². The van der Waals surface area contributed by atoms with Gasteiger partial charge in [-0.2, -0.15) is 0 Å². The molecule has 0 unspecified atom stereocenters. The summed E-state index contributed by atoms with van der Waals surface area (Å²) in [5, 5.41) is 24.1. The molecule has 100 heavy (non-hydrogen) atoms. The lowest BCUT2D eigenvalue weighted by Gasteiger charge is -2.31. The van der Waals surface area contributed by atoms with E-state index in [9.17, 15) is 0 Å². The predicted molar refractivity (Wildman–Crippen MR) is 423 cm³/mol. The molecule has 24 rings (SSSR count). The van der Waals surface area contributed by atoms with E-state index in [1.807, 2.05) is 0 Å². The molecule has 0 N–H and O–H groups in total. The maximum absolute atomic E-state index is 2.61. The Kier molecular flexibility index (Phi) is 9.75. The van der Waals surface area contributed by atoms with Gasteiger partial charge in [-0.3, -0.25) is 0 Å². The van der Waals surface area contributed by atoms with Gasteiger partial charge in [0.15, 0.2) is 0 Å². The van der Waals surface area contributed by atoms with Crippen LogP contribution in [-0.2, 0) is 21.7 Å². The van der Waals surface area contributed by atoms with E-state index >= 15 is 0 Å². The average Bonchev–Trinajstić information content (AvgIpc) is 1.51. The van der Waals surface area contributed by atoms with Crippen LogP contribution in [0.1, 0.15) is 97.2 Å². The molecule has 0 aromatic heterocycles. The molecule has 19 aromatic rings. The van der Waals surface area contributed by atoms with Gasteiger partial charge in [0.25, 0.3) is 0 Å². The van der Waals surface area contributed by atoms with Gasteiger partial charge in [0, 0.05) is 16.2 Å². The fraction of sp³-hybridized carbons (Fsp3) is 0.100. The van der Waals surface area contributed by atoms with Crippen molar-refractivity contribution >= 4 is 97.0 Å². The van der Waals surface area contributed by atoms with Crippen molar-refractivity contribution in [1.82, 2.24) is 0 Å². The lowest BCUT2D eigenvalue weighted by atomic mass is 9.69. The Bertz CT molecular complexity index is 6410. The molecular formula is C100H64. The summed E-state index contributed by atoms with van der Waals surface area (Å²) >= 11 is 0. The number of hydrogen-bond acceptors (Lipinski definition) is 0. The third-order valence-corrected chi connectivity index (χ3v) is 26.0. The molecule has 5 aliphatic rings. The van der Waals surface area contributed by atoms with E-state index in [4.69, 9.17) is 0 Å². The van der Waals surface area contributed by atoms with Crippen LogP contribution < -0.4 is 0 Å². The average molecular weight is 1270 g/mol. The van der Waals surface area contributed by atoms with Crippen LogP contribution in [0.4, 0.5) is 0 Å². The molecule has 0 saturated carbocycles. The van der Waals surface area contributed by atoms with Crippen LogP contribution in [-0.4, -0.2) is 0 Å². The zero-order valence-electron chi connectivity index (χ0n) is 56.6. The van der Waals surface area contributed by atoms with Crippen molar-refractivity contribution < 1.29 is 0 Å². The van der Waals surface area contributed by atoms with Crippen molar-refractivity contribution in [3.8, 4) is 89.0 Å². The molecule has 0 amide bonds. The minimum atomic E-state index is -0.645. The first-order chi connectivity index (χ1) is 48.8. The second-order valence-corrected chi connectivity index (χ2v) is 31.7. The Morgan fingerprint density at radius 1 is 0.170 bits per heavy atom. The summed E-state index contributed by atoms with van der Waals surface area (Å²) in [6.07, 6.45) is 0. The number of fused-ring (bicyclic) bond motifs is 22. The van der Waals surface area contributed by atoms with E-state index in [0.717, 1.165) is 0 Å². The maximum atomic E-state index is 2.61. The highest BCUT2D eigenvalue weighted by atomic mass is 14.5.